The van der Waals surface area contributed by atoms with Crippen LogP contribution in [0.3, 0.4) is 0 Å². The average Bonchev–Trinajstić information content (AvgIpc) is 2.83. The average molecular weight is 436 g/mol. The Morgan fingerprint density at radius 1 is 1.00 bits per heavy atom. The fraction of sp³-hybridized carbons (Fsp3) is 0.250. The summed E-state index contributed by atoms with van der Waals surface area (Å²) >= 11 is 3.41. The minimum Gasteiger partial charge on any atom is -0.370 e. The van der Waals surface area contributed by atoms with Gasteiger partial charge in [-0.25, -0.2) is 4.68 Å². The Labute approximate surface area is 163 Å². The van der Waals surface area contributed by atoms with Crippen LogP contribution in [0.15, 0.2) is 53.0 Å². The molecule has 0 saturated carbocycles. The summed E-state index contributed by atoms with van der Waals surface area (Å²) in [5, 5.41) is 7.98. The van der Waals surface area contributed by atoms with Gasteiger partial charge in [-0.15, -0.1) is 0 Å². The molecule has 27 heavy (non-hydrogen) atoms. The zero-order chi connectivity index (χ0) is 19.0. The van der Waals surface area contributed by atoms with Crippen LogP contribution in [-0.2, 0) is 12.6 Å². The third kappa shape index (κ3) is 3.48. The summed E-state index contributed by atoms with van der Waals surface area (Å²) in [6.07, 6.45) is -1.86. The number of hydrogen-bond acceptors (Lipinski definition) is 2. The molecule has 3 nitrogen and oxygen atoms in total. The van der Waals surface area contributed by atoms with Crippen molar-refractivity contribution in [3.63, 3.8) is 0 Å². The lowest BCUT2D eigenvalue weighted by atomic mass is 9.99. The van der Waals surface area contributed by atoms with E-state index in [0.29, 0.717) is 12.1 Å². The first-order chi connectivity index (χ1) is 12.9. The van der Waals surface area contributed by atoms with Gasteiger partial charge in [-0.3, -0.25) is 0 Å². The van der Waals surface area contributed by atoms with Gasteiger partial charge in [-0.1, -0.05) is 34.1 Å². The van der Waals surface area contributed by atoms with Crippen LogP contribution < -0.4 is 5.32 Å². The zero-order valence-corrected chi connectivity index (χ0v) is 15.9. The van der Waals surface area contributed by atoms with Gasteiger partial charge in [0.1, 0.15) is 5.82 Å². The molecule has 0 spiro atoms. The van der Waals surface area contributed by atoms with E-state index in [2.05, 4.69) is 26.3 Å². The van der Waals surface area contributed by atoms with Crippen LogP contribution in [0.25, 0.3) is 16.9 Å². The van der Waals surface area contributed by atoms with Gasteiger partial charge in [0.15, 0.2) is 0 Å². The summed E-state index contributed by atoms with van der Waals surface area (Å²) in [6, 6.07) is 13.2. The highest BCUT2D eigenvalue weighted by Gasteiger charge is 2.35. The fourth-order valence-electron chi connectivity index (χ4n) is 3.42. The highest BCUT2D eigenvalue weighted by atomic mass is 79.9. The number of nitrogens with zero attached hydrogens (tertiary/aromatic N) is 2. The fourth-order valence-corrected chi connectivity index (χ4v) is 3.69. The molecule has 1 aliphatic rings. The normalized spacial score (nSPS) is 14.4. The van der Waals surface area contributed by atoms with E-state index in [4.69, 9.17) is 0 Å². The van der Waals surface area contributed by atoms with Gasteiger partial charge in [0.05, 0.1) is 16.9 Å². The minimum absolute atomic E-state index is 0.126. The van der Waals surface area contributed by atoms with E-state index < -0.39 is 11.7 Å². The van der Waals surface area contributed by atoms with Crippen LogP contribution in [0.2, 0.25) is 0 Å². The Morgan fingerprint density at radius 2 is 1.74 bits per heavy atom. The second-order valence-corrected chi connectivity index (χ2v) is 7.41. The van der Waals surface area contributed by atoms with E-state index >= 15 is 0 Å². The summed E-state index contributed by atoms with van der Waals surface area (Å²) in [5.41, 5.74) is 1.51. The van der Waals surface area contributed by atoms with E-state index in [-0.39, 0.29) is 5.56 Å². The molecular weight excluding hydrogens is 419 g/mol. The van der Waals surface area contributed by atoms with Gasteiger partial charge in [-0.05, 0) is 49.6 Å². The Bertz CT molecular complexity index is 962. The first-order valence-electron chi connectivity index (χ1n) is 8.73. The topological polar surface area (TPSA) is 29.9 Å². The Hall–Kier alpha value is -2.28. The molecule has 1 N–H and O–H groups in total. The van der Waals surface area contributed by atoms with Crippen molar-refractivity contribution in [2.45, 2.75) is 25.4 Å². The minimum atomic E-state index is -4.43. The smallest absolute Gasteiger partial charge is 0.370 e. The first kappa shape index (κ1) is 18.1. The lowest BCUT2D eigenvalue weighted by Gasteiger charge is -2.12. The maximum Gasteiger partial charge on any atom is 0.417 e. The van der Waals surface area contributed by atoms with E-state index in [1.807, 2.05) is 24.3 Å². The maximum atomic E-state index is 13.6. The van der Waals surface area contributed by atoms with E-state index in [1.54, 1.807) is 10.7 Å². The van der Waals surface area contributed by atoms with Gasteiger partial charge >= 0.3 is 6.18 Å². The lowest BCUT2D eigenvalue weighted by Crippen LogP contribution is -2.08. The lowest BCUT2D eigenvalue weighted by molar-refractivity contribution is -0.137. The van der Waals surface area contributed by atoms with Gasteiger partial charge in [0, 0.05) is 22.1 Å². The Balaban J connectivity index is 1.94. The zero-order valence-electron chi connectivity index (χ0n) is 14.4. The van der Waals surface area contributed by atoms with Crippen LogP contribution in [0.4, 0.5) is 19.0 Å². The number of nitrogens with one attached hydrogen (secondary N) is 1. The van der Waals surface area contributed by atoms with Crippen LogP contribution >= 0.6 is 15.9 Å². The van der Waals surface area contributed by atoms with Crippen molar-refractivity contribution in [2.24, 2.45) is 0 Å². The quantitative estimate of drug-likeness (QED) is 0.529. The largest absolute Gasteiger partial charge is 0.417 e. The molecule has 0 amide bonds. The van der Waals surface area contributed by atoms with Gasteiger partial charge in [0.25, 0.3) is 0 Å². The van der Waals surface area contributed by atoms with E-state index in [0.717, 1.165) is 47.0 Å². The molecule has 4 rings (SSSR count). The number of fused-ring (bicyclic) bond motifs is 1. The Morgan fingerprint density at radius 3 is 2.48 bits per heavy atom. The van der Waals surface area contributed by atoms with Crippen molar-refractivity contribution in [3.8, 4) is 16.9 Å². The monoisotopic (exact) mass is 435 g/mol. The molecule has 0 unspecified atom stereocenters. The van der Waals surface area contributed by atoms with Crippen molar-refractivity contribution >= 4 is 21.7 Å². The number of hydrogen-bond donors (Lipinski definition) is 1. The summed E-state index contributed by atoms with van der Waals surface area (Å²) in [5.74, 6) is 0.779. The van der Waals surface area contributed by atoms with Gasteiger partial charge in [-0.2, -0.15) is 18.3 Å². The number of rotatable bonds is 2. The molecule has 0 radical (unpaired) electrons. The van der Waals surface area contributed by atoms with E-state index in [9.17, 15) is 13.2 Å². The van der Waals surface area contributed by atoms with Crippen molar-refractivity contribution in [1.82, 2.24) is 9.78 Å². The molecule has 0 aliphatic carbocycles. The van der Waals surface area contributed by atoms with Crippen molar-refractivity contribution in [1.29, 1.82) is 0 Å². The van der Waals surface area contributed by atoms with Crippen LogP contribution in [0.1, 0.15) is 24.0 Å². The van der Waals surface area contributed by atoms with Gasteiger partial charge in [0.2, 0.25) is 0 Å². The molecule has 0 fully saturated rings. The van der Waals surface area contributed by atoms with Crippen LogP contribution in [0, 0.1) is 0 Å². The summed E-state index contributed by atoms with van der Waals surface area (Å²) < 4.78 is 43.3. The number of halogens is 4. The van der Waals surface area contributed by atoms with Crippen molar-refractivity contribution in [2.75, 3.05) is 11.9 Å². The number of benzene rings is 2. The third-order valence-corrected chi connectivity index (χ3v) is 5.22. The Kier molecular flexibility index (Phi) is 4.72. The predicted octanol–water partition coefficient (Wildman–Crippen LogP) is 6.07. The molecule has 0 bridgehead atoms. The molecule has 7 heteroatoms. The third-order valence-electron chi connectivity index (χ3n) is 4.69. The molecule has 0 saturated heterocycles. The summed E-state index contributed by atoms with van der Waals surface area (Å²) in [6.45, 7) is 0.773. The molecule has 1 aliphatic heterocycles. The van der Waals surface area contributed by atoms with Gasteiger partial charge < -0.3 is 5.32 Å². The molecule has 2 heterocycles. The molecule has 140 valence electrons. The highest BCUT2D eigenvalue weighted by Crippen LogP contribution is 2.40. The number of anilines is 1. The summed E-state index contributed by atoms with van der Waals surface area (Å²) in [4.78, 5) is 0. The SMILES string of the molecule is FC(F)(F)c1ccccc1-c1nn(-c2ccc(Br)cc2)c2c1CCCCN2. The number of aromatic nitrogens is 2. The van der Waals surface area contributed by atoms with Crippen molar-refractivity contribution in [3.05, 3.63) is 64.1 Å². The number of alkyl halides is 3. The highest BCUT2D eigenvalue weighted by molar-refractivity contribution is 9.10. The maximum absolute atomic E-state index is 13.6. The first-order valence-corrected chi connectivity index (χ1v) is 9.53. The standard InChI is InChI=1S/C20H17BrF3N3/c21-13-8-10-14(11-9-13)27-19-16(6-3-4-12-25-19)18(26-27)15-5-1-2-7-17(15)20(22,23)24/h1-2,5,7-11,25H,3-4,6,12H2. The molecule has 0 atom stereocenters. The second-order valence-electron chi connectivity index (χ2n) is 6.49. The van der Waals surface area contributed by atoms with Crippen LogP contribution in [0.5, 0.6) is 0 Å². The van der Waals surface area contributed by atoms with Crippen molar-refractivity contribution < 1.29 is 13.2 Å². The second kappa shape index (κ2) is 7.03. The van der Waals surface area contributed by atoms with Crippen LogP contribution in [-0.4, -0.2) is 16.3 Å². The summed E-state index contributed by atoms with van der Waals surface area (Å²) in [7, 11) is 0. The molecule has 1 aromatic heterocycles. The van der Waals surface area contributed by atoms with E-state index in [1.165, 1.54) is 12.1 Å². The molecule has 3 aromatic rings. The predicted molar refractivity (Wildman–Crippen MR) is 103 cm³/mol. The molecule has 2 aromatic carbocycles. The molecular formula is C20H17BrF3N3.